The van der Waals surface area contributed by atoms with E-state index in [2.05, 4.69) is 4.72 Å². The normalized spacial score (nSPS) is 15.6. The molecule has 0 spiro atoms. The van der Waals surface area contributed by atoms with Crippen LogP contribution in [0.5, 0.6) is 11.5 Å². The molecule has 1 amide bonds. The molecule has 0 unspecified atom stereocenters. The summed E-state index contributed by atoms with van der Waals surface area (Å²) in [5.41, 5.74) is -0.259. The molecule has 0 radical (unpaired) electrons. The van der Waals surface area contributed by atoms with Gasteiger partial charge in [0.15, 0.2) is 0 Å². The van der Waals surface area contributed by atoms with Crippen LogP contribution in [-0.4, -0.2) is 31.6 Å². The van der Waals surface area contributed by atoms with Crippen LogP contribution in [0.25, 0.3) is 0 Å². The van der Waals surface area contributed by atoms with Crippen LogP contribution >= 0.6 is 11.6 Å². The Hall–Kier alpha value is -2.45. The van der Waals surface area contributed by atoms with E-state index in [9.17, 15) is 18.3 Å². The highest BCUT2D eigenvalue weighted by molar-refractivity contribution is 7.92. The van der Waals surface area contributed by atoms with Gasteiger partial charge in [-0.3, -0.25) is 9.52 Å². The third-order valence-corrected chi connectivity index (χ3v) is 5.64. The Labute approximate surface area is 162 Å². The summed E-state index contributed by atoms with van der Waals surface area (Å²) in [6.07, 6.45) is 0. The topological polar surface area (TPSA) is 95.9 Å². The predicted molar refractivity (Wildman–Crippen MR) is 103 cm³/mol. The van der Waals surface area contributed by atoms with Crippen LogP contribution in [0.4, 0.5) is 11.4 Å². The molecule has 2 aromatic rings. The van der Waals surface area contributed by atoms with Crippen LogP contribution in [0, 0.1) is 0 Å². The SMILES string of the molecule is CC(=O)N1CC(C)(C)Oc2ccc(S(=O)(=O)Nc3cc(Cl)ccc3O)cc21. The molecule has 0 saturated carbocycles. The van der Waals surface area contributed by atoms with Crippen molar-refractivity contribution >= 4 is 38.9 Å². The summed E-state index contributed by atoms with van der Waals surface area (Å²) in [6, 6.07) is 8.30. The van der Waals surface area contributed by atoms with E-state index in [1.54, 1.807) is 0 Å². The number of aromatic hydroxyl groups is 1. The standard InChI is InChI=1S/C18H19ClN2O5S/c1-11(22)21-10-18(2,3)26-17-7-5-13(9-15(17)21)27(24,25)20-14-8-12(19)4-6-16(14)23/h4-9,20,23H,10H2,1-3H3. The number of amides is 1. The predicted octanol–water partition coefficient (Wildman–Crippen LogP) is 3.37. The molecule has 0 bridgehead atoms. The minimum Gasteiger partial charge on any atom is -0.506 e. The van der Waals surface area contributed by atoms with Crippen LogP contribution in [0.1, 0.15) is 20.8 Å². The zero-order valence-corrected chi connectivity index (χ0v) is 16.6. The molecular formula is C18H19ClN2O5S. The van der Waals surface area contributed by atoms with E-state index in [1.807, 2.05) is 13.8 Å². The summed E-state index contributed by atoms with van der Waals surface area (Å²) in [7, 11) is -4.03. The van der Waals surface area contributed by atoms with Crippen molar-refractivity contribution in [1.82, 2.24) is 0 Å². The number of hydrogen-bond acceptors (Lipinski definition) is 5. The van der Waals surface area contributed by atoms with E-state index in [1.165, 1.54) is 48.2 Å². The van der Waals surface area contributed by atoms with Gasteiger partial charge in [-0.25, -0.2) is 8.42 Å². The number of rotatable bonds is 3. The number of fused-ring (bicyclic) bond motifs is 1. The van der Waals surface area contributed by atoms with Gasteiger partial charge in [0.2, 0.25) is 5.91 Å². The minimum atomic E-state index is -4.03. The fraction of sp³-hybridized carbons (Fsp3) is 0.278. The molecular weight excluding hydrogens is 392 g/mol. The fourth-order valence-electron chi connectivity index (χ4n) is 2.83. The highest BCUT2D eigenvalue weighted by Gasteiger charge is 2.34. The molecule has 2 N–H and O–H groups in total. The van der Waals surface area contributed by atoms with Gasteiger partial charge in [-0.2, -0.15) is 0 Å². The molecule has 27 heavy (non-hydrogen) atoms. The molecule has 0 atom stereocenters. The number of halogens is 1. The van der Waals surface area contributed by atoms with Gasteiger partial charge in [-0.05, 0) is 50.2 Å². The molecule has 2 aromatic carbocycles. The molecule has 1 aliphatic rings. The van der Waals surface area contributed by atoms with E-state index in [4.69, 9.17) is 16.3 Å². The van der Waals surface area contributed by atoms with E-state index in [-0.39, 0.29) is 27.3 Å². The van der Waals surface area contributed by atoms with Crippen molar-refractivity contribution in [2.24, 2.45) is 0 Å². The van der Waals surface area contributed by atoms with Gasteiger partial charge in [0, 0.05) is 11.9 Å². The molecule has 0 aliphatic carbocycles. The second kappa shape index (κ2) is 6.61. The Balaban J connectivity index is 2.02. The summed E-state index contributed by atoms with van der Waals surface area (Å²) in [6.45, 7) is 5.40. The smallest absolute Gasteiger partial charge is 0.262 e. The molecule has 1 heterocycles. The van der Waals surface area contributed by atoms with Crippen molar-refractivity contribution in [3.63, 3.8) is 0 Å². The van der Waals surface area contributed by atoms with Crippen molar-refractivity contribution in [3.8, 4) is 11.5 Å². The lowest BCUT2D eigenvalue weighted by molar-refractivity contribution is -0.117. The van der Waals surface area contributed by atoms with Gasteiger partial charge < -0.3 is 14.7 Å². The third kappa shape index (κ3) is 3.96. The van der Waals surface area contributed by atoms with Gasteiger partial charge >= 0.3 is 0 Å². The molecule has 0 saturated heterocycles. The summed E-state index contributed by atoms with van der Waals surface area (Å²) in [4.78, 5) is 13.4. The van der Waals surface area contributed by atoms with Crippen LogP contribution in [0.2, 0.25) is 5.02 Å². The maximum absolute atomic E-state index is 12.7. The number of sulfonamides is 1. The zero-order valence-electron chi connectivity index (χ0n) is 15.0. The number of carbonyl (C=O) groups excluding carboxylic acids is 1. The second-order valence-corrected chi connectivity index (χ2v) is 8.98. The average Bonchev–Trinajstić information content (AvgIpc) is 2.55. The van der Waals surface area contributed by atoms with E-state index >= 15 is 0 Å². The second-order valence-electron chi connectivity index (χ2n) is 6.86. The molecule has 144 valence electrons. The van der Waals surface area contributed by atoms with E-state index < -0.39 is 15.6 Å². The highest BCUT2D eigenvalue weighted by atomic mass is 35.5. The zero-order chi connectivity index (χ0) is 20.0. The molecule has 0 fully saturated rings. The molecule has 0 aromatic heterocycles. The first-order valence-electron chi connectivity index (χ1n) is 8.11. The Morgan fingerprint density at radius 2 is 1.96 bits per heavy atom. The van der Waals surface area contributed by atoms with Gasteiger partial charge in [0.25, 0.3) is 10.0 Å². The van der Waals surface area contributed by atoms with Crippen molar-refractivity contribution in [3.05, 3.63) is 41.4 Å². The lowest BCUT2D eigenvalue weighted by atomic mass is 10.1. The lowest BCUT2D eigenvalue weighted by Gasteiger charge is -2.39. The first kappa shape index (κ1) is 19.3. The van der Waals surface area contributed by atoms with Crippen LogP contribution in [-0.2, 0) is 14.8 Å². The Morgan fingerprint density at radius 1 is 1.26 bits per heavy atom. The number of carbonyl (C=O) groups is 1. The van der Waals surface area contributed by atoms with Crippen molar-refractivity contribution in [2.45, 2.75) is 31.3 Å². The number of phenols is 1. The van der Waals surface area contributed by atoms with Crippen molar-refractivity contribution in [1.29, 1.82) is 0 Å². The number of hydrogen-bond donors (Lipinski definition) is 2. The molecule has 7 nitrogen and oxygen atoms in total. The number of phenolic OH excluding ortho intramolecular Hbond substituents is 1. The number of anilines is 2. The quantitative estimate of drug-likeness (QED) is 0.756. The van der Waals surface area contributed by atoms with Crippen molar-refractivity contribution in [2.75, 3.05) is 16.2 Å². The first-order chi connectivity index (χ1) is 12.5. The van der Waals surface area contributed by atoms with E-state index in [0.717, 1.165) is 0 Å². The van der Waals surface area contributed by atoms with Crippen molar-refractivity contribution < 1.29 is 23.1 Å². The van der Waals surface area contributed by atoms with Crippen LogP contribution in [0.3, 0.4) is 0 Å². The van der Waals surface area contributed by atoms with Gasteiger partial charge in [-0.15, -0.1) is 0 Å². The Bertz CT molecular complexity index is 1020. The lowest BCUT2D eigenvalue weighted by Crippen LogP contribution is -2.48. The molecule has 9 heteroatoms. The monoisotopic (exact) mass is 410 g/mol. The van der Waals surface area contributed by atoms with Crippen LogP contribution in [0.15, 0.2) is 41.3 Å². The maximum atomic E-state index is 12.7. The summed E-state index contributed by atoms with van der Waals surface area (Å²) in [5, 5.41) is 10.1. The van der Waals surface area contributed by atoms with Gasteiger partial charge in [0.05, 0.1) is 22.8 Å². The minimum absolute atomic E-state index is 0.0407. The largest absolute Gasteiger partial charge is 0.506 e. The number of nitrogens with one attached hydrogen (secondary N) is 1. The molecule has 1 aliphatic heterocycles. The Kier molecular flexibility index (Phi) is 4.73. The fourth-order valence-corrected chi connectivity index (χ4v) is 4.09. The van der Waals surface area contributed by atoms with Crippen LogP contribution < -0.4 is 14.4 Å². The van der Waals surface area contributed by atoms with Gasteiger partial charge in [-0.1, -0.05) is 11.6 Å². The molecule has 3 rings (SSSR count). The third-order valence-electron chi connectivity index (χ3n) is 4.04. The number of benzene rings is 2. The first-order valence-corrected chi connectivity index (χ1v) is 9.97. The maximum Gasteiger partial charge on any atom is 0.262 e. The summed E-state index contributed by atoms with van der Waals surface area (Å²) in [5.74, 6) is -0.0509. The summed E-state index contributed by atoms with van der Waals surface area (Å²) >= 11 is 5.86. The number of ether oxygens (including phenoxy) is 1. The van der Waals surface area contributed by atoms with Gasteiger partial charge in [0.1, 0.15) is 17.1 Å². The Morgan fingerprint density at radius 3 is 2.63 bits per heavy atom. The van der Waals surface area contributed by atoms with E-state index in [0.29, 0.717) is 18.0 Å². The summed E-state index contributed by atoms with van der Waals surface area (Å²) < 4.78 is 33.6. The average molecular weight is 411 g/mol. The highest BCUT2D eigenvalue weighted by Crippen LogP contribution is 2.39. The number of nitrogens with zero attached hydrogens (tertiary/aromatic N) is 1.